The third-order valence-electron chi connectivity index (χ3n) is 2.10. The number of nitrogens with zero attached hydrogens (tertiary/aromatic N) is 1. The lowest BCUT2D eigenvalue weighted by Gasteiger charge is -2.02. The van der Waals surface area contributed by atoms with Crippen LogP contribution in [0.4, 0.5) is 0 Å². The highest BCUT2D eigenvalue weighted by Crippen LogP contribution is 2.16. The Bertz CT molecular complexity index is 609. The first kappa shape index (κ1) is 12.1. The standard InChI is InChI=1S/C11H8ClN3O3/c12-7-3-1-2-6(4-7)11(17)18-10-8(9(13)16)14-5-15-10/h1-5H,(H2,13,16)(H,14,15). The summed E-state index contributed by atoms with van der Waals surface area (Å²) in [6, 6.07) is 6.21. The number of carbonyl (C=O) groups is 2. The number of imidazole rings is 1. The van der Waals surface area contributed by atoms with E-state index in [0.29, 0.717) is 5.02 Å². The molecule has 0 bridgehead atoms. The first-order valence-electron chi connectivity index (χ1n) is 4.89. The van der Waals surface area contributed by atoms with Gasteiger partial charge in [-0.15, -0.1) is 0 Å². The number of nitrogens with one attached hydrogen (secondary N) is 1. The lowest BCUT2D eigenvalue weighted by atomic mass is 10.2. The quantitative estimate of drug-likeness (QED) is 0.819. The third kappa shape index (κ3) is 2.49. The summed E-state index contributed by atoms with van der Waals surface area (Å²) in [5, 5.41) is 0.404. The second-order valence-corrected chi connectivity index (χ2v) is 3.78. The molecule has 1 aromatic heterocycles. The number of esters is 1. The molecule has 0 aliphatic rings. The predicted molar refractivity (Wildman–Crippen MR) is 63.5 cm³/mol. The Hall–Kier alpha value is -2.34. The van der Waals surface area contributed by atoms with E-state index in [2.05, 4.69) is 9.97 Å². The van der Waals surface area contributed by atoms with Crippen LogP contribution in [0.15, 0.2) is 30.6 Å². The Morgan fingerprint density at radius 2 is 2.17 bits per heavy atom. The smallest absolute Gasteiger partial charge is 0.344 e. The van der Waals surface area contributed by atoms with Gasteiger partial charge >= 0.3 is 5.97 Å². The van der Waals surface area contributed by atoms with E-state index in [4.69, 9.17) is 22.1 Å². The van der Waals surface area contributed by atoms with Crippen LogP contribution in [0.25, 0.3) is 0 Å². The van der Waals surface area contributed by atoms with Gasteiger partial charge in [0, 0.05) is 5.02 Å². The highest BCUT2D eigenvalue weighted by Gasteiger charge is 2.17. The van der Waals surface area contributed by atoms with Crippen molar-refractivity contribution in [1.82, 2.24) is 9.97 Å². The molecule has 1 amide bonds. The summed E-state index contributed by atoms with van der Waals surface area (Å²) in [5.41, 5.74) is 5.26. The summed E-state index contributed by atoms with van der Waals surface area (Å²) in [5.74, 6) is -1.60. The molecule has 92 valence electrons. The maximum Gasteiger partial charge on any atom is 0.344 e. The van der Waals surface area contributed by atoms with Crippen molar-refractivity contribution in [3.05, 3.63) is 46.9 Å². The van der Waals surface area contributed by atoms with E-state index in [1.165, 1.54) is 18.5 Å². The lowest BCUT2D eigenvalue weighted by molar-refractivity contribution is 0.0726. The molecule has 0 saturated heterocycles. The molecule has 3 N–H and O–H groups in total. The number of rotatable bonds is 3. The van der Waals surface area contributed by atoms with Gasteiger partial charge in [-0.3, -0.25) is 4.79 Å². The van der Waals surface area contributed by atoms with Crippen LogP contribution in [0.3, 0.4) is 0 Å². The molecule has 0 unspecified atom stereocenters. The molecule has 0 radical (unpaired) electrons. The van der Waals surface area contributed by atoms with Crippen molar-refractivity contribution in [2.75, 3.05) is 0 Å². The van der Waals surface area contributed by atoms with Crippen molar-refractivity contribution in [2.45, 2.75) is 0 Å². The number of nitrogens with two attached hydrogens (primary N) is 1. The SMILES string of the molecule is NC(=O)c1[nH]cnc1OC(=O)c1cccc(Cl)c1. The van der Waals surface area contributed by atoms with Crippen molar-refractivity contribution in [2.24, 2.45) is 5.73 Å². The zero-order valence-corrected chi connectivity index (χ0v) is 9.77. The molecule has 0 atom stereocenters. The van der Waals surface area contributed by atoms with Gasteiger partial charge in [0.15, 0.2) is 5.69 Å². The molecular formula is C11H8ClN3O3. The predicted octanol–water partition coefficient (Wildman–Crippen LogP) is 1.38. The van der Waals surface area contributed by atoms with E-state index in [1.807, 2.05) is 0 Å². The summed E-state index contributed by atoms with van der Waals surface area (Å²) in [6.45, 7) is 0. The fourth-order valence-electron chi connectivity index (χ4n) is 1.30. The average Bonchev–Trinajstić information content (AvgIpc) is 2.77. The zero-order chi connectivity index (χ0) is 13.1. The van der Waals surface area contributed by atoms with E-state index in [1.54, 1.807) is 12.1 Å². The minimum absolute atomic E-state index is 0.0645. The van der Waals surface area contributed by atoms with Crippen molar-refractivity contribution in [3.63, 3.8) is 0 Å². The number of aromatic amines is 1. The molecule has 18 heavy (non-hydrogen) atoms. The molecule has 6 nitrogen and oxygen atoms in total. The number of amides is 1. The van der Waals surface area contributed by atoms with Crippen LogP contribution in [0.1, 0.15) is 20.8 Å². The third-order valence-corrected chi connectivity index (χ3v) is 2.34. The number of ether oxygens (including phenoxy) is 1. The van der Waals surface area contributed by atoms with Gasteiger partial charge in [-0.1, -0.05) is 17.7 Å². The minimum Gasteiger partial charge on any atom is -0.401 e. The Kier molecular flexibility index (Phi) is 3.29. The molecule has 0 spiro atoms. The molecular weight excluding hydrogens is 258 g/mol. The maximum atomic E-state index is 11.8. The number of benzene rings is 1. The first-order valence-corrected chi connectivity index (χ1v) is 5.26. The highest BCUT2D eigenvalue weighted by molar-refractivity contribution is 6.30. The number of H-pyrrole nitrogens is 1. The Balaban J connectivity index is 2.21. The molecule has 0 aliphatic heterocycles. The van der Waals surface area contributed by atoms with Gasteiger partial charge in [-0.05, 0) is 18.2 Å². The normalized spacial score (nSPS) is 10.1. The summed E-state index contributed by atoms with van der Waals surface area (Å²) in [4.78, 5) is 28.9. The van der Waals surface area contributed by atoms with E-state index in [9.17, 15) is 9.59 Å². The Morgan fingerprint density at radius 1 is 1.39 bits per heavy atom. The van der Waals surface area contributed by atoms with E-state index < -0.39 is 11.9 Å². The lowest BCUT2D eigenvalue weighted by Crippen LogP contribution is -2.16. The molecule has 0 saturated carbocycles. The zero-order valence-electron chi connectivity index (χ0n) is 9.01. The molecule has 1 aromatic carbocycles. The summed E-state index contributed by atoms with van der Waals surface area (Å²) in [7, 11) is 0. The van der Waals surface area contributed by atoms with Crippen LogP contribution >= 0.6 is 11.6 Å². The van der Waals surface area contributed by atoms with Gasteiger partial charge in [0.1, 0.15) is 0 Å². The summed E-state index contributed by atoms with van der Waals surface area (Å²) >= 11 is 5.75. The van der Waals surface area contributed by atoms with E-state index >= 15 is 0 Å². The van der Waals surface area contributed by atoms with E-state index in [-0.39, 0.29) is 17.1 Å². The highest BCUT2D eigenvalue weighted by atomic mass is 35.5. The molecule has 2 aromatic rings. The van der Waals surface area contributed by atoms with Gasteiger partial charge < -0.3 is 15.5 Å². The van der Waals surface area contributed by atoms with Crippen LogP contribution in [-0.4, -0.2) is 21.8 Å². The van der Waals surface area contributed by atoms with Gasteiger partial charge in [0.05, 0.1) is 11.9 Å². The van der Waals surface area contributed by atoms with Crippen LogP contribution in [0.5, 0.6) is 5.88 Å². The summed E-state index contributed by atoms with van der Waals surface area (Å²) < 4.78 is 4.95. The van der Waals surface area contributed by atoms with Crippen molar-refractivity contribution in [3.8, 4) is 5.88 Å². The largest absolute Gasteiger partial charge is 0.401 e. The van der Waals surface area contributed by atoms with Gasteiger partial charge in [-0.2, -0.15) is 0 Å². The number of primary amides is 1. The minimum atomic E-state index is -0.763. The Labute approximate surface area is 107 Å². The average molecular weight is 266 g/mol. The maximum absolute atomic E-state index is 11.8. The number of hydrogen-bond acceptors (Lipinski definition) is 4. The number of halogens is 1. The molecule has 0 fully saturated rings. The topological polar surface area (TPSA) is 98.1 Å². The van der Waals surface area contributed by atoms with Crippen molar-refractivity contribution < 1.29 is 14.3 Å². The molecule has 7 heteroatoms. The second kappa shape index (κ2) is 4.89. The van der Waals surface area contributed by atoms with Crippen LogP contribution in [0.2, 0.25) is 5.02 Å². The molecule has 2 rings (SSSR count). The number of hydrogen-bond donors (Lipinski definition) is 2. The van der Waals surface area contributed by atoms with Gasteiger partial charge in [0.25, 0.3) is 11.8 Å². The first-order chi connectivity index (χ1) is 8.58. The van der Waals surface area contributed by atoms with E-state index in [0.717, 1.165) is 0 Å². The number of aromatic nitrogens is 2. The van der Waals surface area contributed by atoms with Gasteiger partial charge in [0.2, 0.25) is 0 Å². The second-order valence-electron chi connectivity index (χ2n) is 3.35. The Morgan fingerprint density at radius 3 is 2.83 bits per heavy atom. The van der Waals surface area contributed by atoms with Crippen molar-refractivity contribution in [1.29, 1.82) is 0 Å². The monoisotopic (exact) mass is 265 g/mol. The fraction of sp³-hybridized carbons (Fsp3) is 0. The van der Waals surface area contributed by atoms with Crippen LogP contribution in [-0.2, 0) is 0 Å². The number of carbonyl (C=O) groups excluding carboxylic acids is 2. The molecule has 1 heterocycles. The van der Waals surface area contributed by atoms with Crippen LogP contribution < -0.4 is 10.5 Å². The van der Waals surface area contributed by atoms with Gasteiger partial charge in [-0.25, -0.2) is 9.78 Å². The van der Waals surface area contributed by atoms with Crippen molar-refractivity contribution >= 4 is 23.5 Å². The van der Waals surface area contributed by atoms with Crippen LogP contribution in [0, 0.1) is 0 Å². The summed E-state index contributed by atoms with van der Waals surface area (Å²) in [6.07, 6.45) is 1.21. The molecule has 0 aliphatic carbocycles. The fourth-order valence-corrected chi connectivity index (χ4v) is 1.49.